The molecule has 1 aromatic heterocycles. The number of aryl methyl sites for hydroxylation is 1. The van der Waals surface area contributed by atoms with Gasteiger partial charge in [0.25, 0.3) is 0 Å². The quantitative estimate of drug-likeness (QED) is 0.496. The predicted molar refractivity (Wildman–Crippen MR) is 134 cm³/mol. The number of aromatic nitrogens is 1. The summed E-state index contributed by atoms with van der Waals surface area (Å²) >= 11 is 0. The molecule has 0 unspecified atom stereocenters. The zero-order chi connectivity index (χ0) is 24.8. The second kappa shape index (κ2) is 11.3. The highest BCUT2D eigenvalue weighted by Gasteiger charge is 2.22. The minimum atomic E-state index is -0.448. The molecular formula is C28H39N3O2. The zero-order valence-corrected chi connectivity index (χ0v) is 21.5. The zero-order valence-electron chi connectivity index (χ0n) is 21.5. The number of nitrogens with one attached hydrogen (secondary N) is 1. The molecule has 178 valence electrons. The average Bonchev–Trinajstić information content (AvgIpc) is 2.68. The molecule has 5 nitrogen and oxygen atoms in total. The van der Waals surface area contributed by atoms with Crippen LogP contribution in [-0.2, 0) is 30.6 Å². The first-order chi connectivity index (χ1) is 15.4. The number of amides is 1. The first kappa shape index (κ1) is 26.4. The molecule has 0 aliphatic heterocycles. The van der Waals surface area contributed by atoms with Gasteiger partial charge in [0.05, 0.1) is 12.5 Å². The largest absolute Gasteiger partial charge is 0.445 e. The second-order valence-corrected chi connectivity index (χ2v) is 10.7. The molecule has 0 aliphatic rings. The molecule has 33 heavy (non-hydrogen) atoms. The topological polar surface area (TPSA) is 75.0 Å². The van der Waals surface area contributed by atoms with Gasteiger partial charge >= 0.3 is 6.09 Å². The number of ether oxygens (including phenoxy) is 1. The lowest BCUT2D eigenvalue weighted by Crippen LogP contribution is -2.40. The highest BCUT2D eigenvalue weighted by atomic mass is 16.5. The van der Waals surface area contributed by atoms with Crippen LogP contribution in [0.4, 0.5) is 4.79 Å². The van der Waals surface area contributed by atoms with Crippen LogP contribution in [-0.4, -0.2) is 16.6 Å². The van der Waals surface area contributed by atoms with Gasteiger partial charge in [-0.2, -0.15) is 5.26 Å². The fourth-order valence-corrected chi connectivity index (χ4v) is 4.17. The molecule has 0 saturated heterocycles. The second-order valence-electron chi connectivity index (χ2n) is 10.7. The normalized spacial score (nSPS) is 11.5. The van der Waals surface area contributed by atoms with Gasteiger partial charge in [-0.15, -0.1) is 0 Å². The van der Waals surface area contributed by atoms with Gasteiger partial charge in [-0.25, -0.2) is 4.79 Å². The van der Waals surface area contributed by atoms with E-state index in [1.165, 1.54) is 22.3 Å². The van der Waals surface area contributed by atoms with Crippen molar-refractivity contribution in [1.82, 2.24) is 10.3 Å². The first-order valence-corrected chi connectivity index (χ1v) is 11.8. The summed E-state index contributed by atoms with van der Waals surface area (Å²) in [5, 5.41) is 12.4. The van der Waals surface area contributed by atoms with E-state index in [1.807, 2.05) is 26.8 Å². The Balaban J connectivity index is 2.65. The molecule has 0 radical (unpaired) electrons. The summed E-state index contributed by atoms with van der Waals surface area (Å²) in [5.74, 6) is 0.921. The van der Waals surface area contributed by atoms with E-state index in [2.05, 4.69) is 57.1 Å². The molecule has 1 aromatic carbocycles. The van der Waals surface area contributed by atoms with Crippen LogP contribution in [0.3, 0.4) is 0 Å². The fourth-order valence-electron chi connectivity index (χ4n) is 4.17. The van der Waals surface area contributed by atoms with Crippen molar-refractivity contribution in [2.75, 3.05) is 0 Å². The number of nitrogens with zero attached hydrogens (tertiary/aromatic N) is 2. The summed E-state index contributed by atoms with van der Waals surface area (Å²) in [6.45, 7) is 16.9. The van der Waals surface area contributed by atoms with Gasteiger partial charge in [0.15, 0.2) is 0 Å². The monoisotopic (exact) mass is 449 g/mol. The third kappa shape index (κ3) is 7.60. The van der Waals surface area contributed by atoms with Crippen molar-refractivity contribution in [3.63, 3.8) is 0 Å². The van der Waals surface area contributed by atoms with E-state index in [4.69, 9.17) is 4.74 Å². The summed E-state index contributed by atoms with van der Waals surface area (Å²) in [5.41, 5.74) is 7.48. The molecule has 0 atom stereocenters. The van der Waals surface area contributed by atoms with Gasteiger partial charge in [-0.1, -0.05) is 33.8 Å². The number of benzene rings is 1. The number of alkyl carbamates (subject to hydrolysis) is 1. The van der Waals surface area contributed by atoms with E-state index < -0.39 is 6.09 Å². The van der Waals surface area contributed by atoms with Gasteiger partial charge in [-0.3, -0.25) is 4.98 Å². The highest BCUT2D eigenvalue weighted by Crippen LogP contribution is 2.37. The van der Waals surface area contributed by atoms with Crippen LogP contribution in [0.25, 0.3) is 11.1 Å². The van der Waals surface area contributed by atoms with Crippen molar-refractivity contribution < 1.29 is 9.53 Å². The Hall–Kier alpha value is -2.87. The number of hydrogen-bond donors (Lipinski definition) is 1. The smallest absolute Gasteiger partial charge is 0.407 e. The van der Waals surface area contributed by atoms with Crippen molar-refractivity contribution in [2.24, 2.45) is 11.8 Å². The molecule has 1 heterocycles. The molecule has 2 aromatic rings. The Morgan fingerprint density at radius 3 is 2.36 bits per heavy atom. The SMILES string of the molecule is Cc1cc(CC(C)C)c(-c2ccncc2COC(=O)NC(C)(C)C)c(CC(C)C)c1CC#N. The van der Waals surface area contributed by atoms with Gasteiger partial charge < -0.3 is 10.1 Å². The van der Waals surface area contributed by atoms with E-state index in [9.17, 15) is 10.1 Å². The van der Waals surface area contributed by atoms with Gasteiger partial charge in [-0.05, 0) is 91.8 Å². The van der Waals surface area contributed by atoms with Crippen LogP contribution in [0.5, 0.6) is 0 Å². The lowest BCUT2D eigenvalue weighted by atomic mass is 9.81. The molecule has 0 aliphatic carbocycles. The van der Waals surface area contributed by atoms with Crippen molar-refractivity contribution in [3.8, 4) is 17.2 Å². The minimum Gasteiger partial charge on any atom is -0.445 e. The van der Waals surface area contributed by atoms with E-state index >= 15 is 0 Å². The van der Waals surface area contributed by atoms with Crippen molar-refractivity contribution >= 4 is 6.09 Å². The maximum Gasteiger partial charge on any atom is 0.407 e. The van der Waals surface area contributed by atoms with E-state index in [1.54, 1.807) is 12.4 Å². The highest BCUT2D eigenvalue weighted by molar-refractivity contribution is 5.76. The molecule has 0 fully saturated rings. The Bertz CT molecular complexity index is 1010. The predicted octanol–water partition coefficient (Wildman–Crippen LogP) is 6.54. The molecule has 1 N–H and O–H groups in total. The molecule has 0 spiro atoms. The lowest BCUT2D eigenvalue weighted by molar-refractivity contribution is 0.131. The number of nitriles is 1. The Labute approximate surface area is 199 Å². The maximum atomic E-state index is 12.3. The summed E-state index contributed by atoms with van der Waals surface area (Å²) in [6, 6.07) is 6.61. The summed E-state index contributed by atoms with van der Waals surface area (Å²) in [6.07, 6.45) is 5.32. The van der Waals surface area contributed by atoms with Crippen LogP contribution >= 0.6 is 0 Å². The number of hydrogen-bond acceptors (Lipinski definition) is 4. The standard InChI is InChI=1S/C28H39N3O2/c1-18(2)13-21-15-20(5)23(9-11-29)25(14-19(3)4)26(21)24-10-12-30-16-22(24)17-33-27(32)31-28(6,7)8/h10,12,15-16,18-19H,9,13-14,17H2,1-8H3,(H,31,32). The van der Waals surface area contributed by atoms with Gasteiger partial charge in [0.2, 0.25) is 0 Å². The van der Waals surface area contributed by atoms with E-state index in [0.29, 0.717) is 18.3 Å². The third-order valence-corrected chi connectivity index (χ3v) is 5.36. The van der Waals surface area contributed by atoms with Crippen LogP contribution < -0.4 is 5.32 Å². The fraction of sp³-hybridized carbons (Fsp3) is 0.536. The lowest BCUT2D eigenvalue weighted by Gasteiger charge is -2.24. The minimum absolute atomic E-state index is 0.134. The Kier molecular flexibility index (Phi) is 9.05. The first-order valence-electron chi connectivity index (χ1n) is 11.8. The number of carbonyl (C=O) groups is 1. The average molecular weight is 450 g/mol. The van der Waals surface area contributed by atoms with Gasteiger partial charge in [0, 0.05) is 23.5 Å². The van der Waals surface area contributed by atoms with Crippen LogP contribution in [0.1, 0.15) is 76.3 Å². The summed E-state index contributed by atoms with van der Waals surface area (Å²) in [4.78, 5) is 16.6. The van der Waals surface area contributed by atoms with E-state index in [0.717, 1.165) is 29.5 Å². The number of carbonyl (C=O) groups excluding carboxylic acids is 1. The Morgan fingerprint density at radius 2 is 1.79 bits per heavy atom. The molecule has 0 bridgehead atoms. The molecule has 2 rings (SSSR count). The molecule has 1 amide bonds. The third-order valence-electron chi connectivity index (χ3n) is 5.36. The van der Waals surface area contributed by atoms with E-state index in [-0.39, 0.29) is 12.1 Å². The van der Waals surface area contributed by atoms with Crippen LogP contribution in [0.2, 0.25) is 0 Å². The van der Waals surface area contributed by atoms with Crippen LogP contribution in [0.15, 0.2) is 24.5 Å². The van der Waals surface area contributed by atoms with Gasteiger partial charge in [0.1, 0.15) is 6.61 Å². The summed E-state index contributed by atoms with van der Waals surface area (Å²) < 4.78 is 5.57. The molecular weight excluding hydrogens is 410 g/mol. The number of pyridine rings is 1. The maximum absolute atomic E-state index is 12.3. The summed E-state index contributed by atoms with van der Waals surface area (Å²) in [7, 11) is 0. The van der Waals surface area contributed by atoms with Crippen molar-refractivity contribution in [3.05, 3.63) is 52.3 Å². The molecule has 5 heteroatoms. The number of rotatable bonds is 8. The van der Waals surface area contributed by atoms with Crippen molar-refractivity contribution in [2.45, 2.75) is 86.8 Å². The van der Waals surface area contributed by atoms with Crippen molar-refractivity contribution in [1.29, 1.82) is 5.26 Å². The molecule has 0 saturated carbocycles. The Morgan fingerprint density at radius 1 is 1.12 bits per heavy atom. The van der Waals surface area contributed by atoms with Crippen LogP contribution in [0, 0.1) is 30.1 Å².